The Labute approximate surface area is 215 Å². The summed E-state index contributed by atoms with van der Waals surface area (Å²) >= 11 is 0.199. The Kier molecular flexibility index (Phi) is 11.0. The molecule has 16 nitrogen and oxygen atoms in total. The summed E-state index contributed by atoms with van der Waals surface area (Å²) in [5.41, 5.74) is -0.486. The maximum Gasteiger partial charge on any atom is 0.337 e. The summed E-state index contributed by atoms with van der Waals surface area (Å²) in [4.78, 5) is 11.4. The number of carboxylic acids is 1. The highest BCUT2D eigenvalue weighted by atomic mass is 32.2. The van der Waals surface area contributed by atoms with Crippen LogP contribution in [0.5, 0.6) is 11.5 Å². The molecule has 0 heterocycles. The van der Waals surface area contributed by atoms with Crippen LogP contribution in [0.15, 0.2) is 45.5 Å². The zero-order valence-corrected chi connectivity index (χ0v) is 21.5. The van der Waals surface area contributed by atoms with Crippen molar-refractivity contribution < 1.29 is 59.6 Å². The average molecular weight is 584 g/mol. The fourth-order valence-corrected chi connectivity index (χ4v) is 4.43. The van der Waals surface area contributed by atoms with Crippen LogP contribution in [0.4, 0.5) is 17.1 Å². The fourth-order valence-electron chi connectivity index (χ4n) is 2.67. The van der Waals surface area contributed by atoms with Gasteiger partial charge in [0.1, 0.15) is 28.8 Å². The Hall–Kier alpha value is -3.04. The molecular weight excluding hydrogens is 562 g/mol. The van der Waals surface area contributed by atoms with E-state index >= 15 is 0 Å². The number of sulfone groups is 1. The molecule has 0 saturated carbocycles. The van der Waals surface area contributed by atoms with E-state index in [0.717, 1.165) is 18.2 Å². The Bertz CT molecular complexity index is 1350. The number of nitrogens with one attached hydrogen (secondary N) is 1. The van der Waals surface area contributed by atoms with Crippen LogP contribution in [-0.4, -0.2) is 70.2 Å². The normalized spacial score (nSPS) is 12.0. The van der Waals surface area contributed by atoms with Gasteiger partial charge in [0, 0.05) is 12.1 Å². The van der Waals surface area contributed by atoms with Crippen molar-refractivity contribution in [3.05, 3.63) is 35.9 Å². The van der Waals surface area contributed by atoms with Gasteiger partial charge in [0.2, 0.25) is 0 Å². The smallest absolute Gasteiger partial charge is 0.337 e. The highest BCUT2D eigenvalue weighted by molar-refractivity contribution is 7.91. The van der Waals surface area contributed by atoms with Gasteiger partial charge in [-0.1, -0.05) is 5.04 Å². The van der Waals surface area contributed by atoms with Gasteiger partial charge in [0.05, 0.1) is 42.7 Å². The number of hydrogen-bond acceptors (Lipinski definition) is 15. The number of carboxylic acid groups (broad SMARTS) is 1. The zero-order chi connectivity index (χ0) is 27.6. The molecule has 0 spiro atoms. The molecule has 0 aliphatic carbocycles. The first kappa shape index (κ1) is 30.2. The Balaban J connectivity index is 2.41. The number of methoxy groups -OCH3 is 2. The minimum Gasteiger partial charge on any atom is -0.495 e. The molecule has 0 aromatic heterocycles. The SMILES string of the molecule is COc1cc(NCS(=O)(=O)O)c(OC)cc1N=Nc1cc(S(=O)(=O)CCOSOOO)ccc1C(=O)O. The molecule has 2 aromatic carbocycles. The highest BCUT2D eigenvalue weighted by Crippen LogP contribution is 2.39. The van der Waals surface area contributed by atoms with E-state index in [9.17, 15) is 26.7 Å². The number of anilines is 1. The van der Waals surface area contributed by atoms with Gasteiger partial charge >= 0.3 is 5.97 Å². The average Bonchev–Trinajstić information content (AvgIpc) is 2.85. The van der Waals surface area contributed by atoms with E-state index in [0.29, 0.717) is 0 Å². The van der Waals surface area contributed by atoms with Gasteiger partial charge in [-0.05, 0) is 18.2 Å². The number of rotatable bonds is 15. The number of hydrogen-bond donors (Lipinski definition) is 4. The molecule has 0 unspecified atom stereocenters. The summed E-state index contributed by atoms with van der Waals surface area (Å²) in [5.74, 6) is -2.59. The summed E-state index contributed by atoms with van der Waals surface area (Å²) in [6, 6.07) is 5.73. The lowest BCUT2D eigenvalue weighted by atomic mass is 10.2. The van der Waals surface area contributed by atoms with E-state index in [1.807, 2.05) is 0 Å². The molecule has 204 valence electrons. The predicted octanol–water partition coefficient (Wildman–Crippen LogP) is 2.85. The maximum atomic E-state index is 12.6. The molecule has 0 aliphatic rings. The second-order valence-corrected chi connectivity index (χ2v) is 10.7. The molecule has 37 heavy (non-hydrogen) atoms. The monoisotopic (exact) mass is 583 g/mol. The van der Waals surface area contributed by atoms with E-state index in [2.05, 4.69) is 24.9 Å². The lowest BCUT2D eigenvalue weighted by Gasteiger charge is -2.13. The first-order valence-corrected chi connectivity index (χ1v) is 13.6. The number of carbonyl (C=O) groups is 1. The summed E-state index contributed by atoms with van der Waals surface area (Å²) < 4.78 is 75.3. The van der Waals surface area contributed by atoms with Gasteiger partial charge in [-0.25, -0.2) is 18.5 Å². The molecule has 2 rings (SSSR count). The third-order valence-corrected chi connectivity index (χ3v) is 6.88. The van der Waals surface area contributed by atoms with E-state index in [-0.39, 0.29) is 58.0 Å². The summed E-state index contributed by atoms with van der Waals surface area (Å²) in [5, 5.41) is 31.1. The van der Waals surface area contributed by atoms with E-state index in [4.69, 9.17) is 23.5 Å². The van der Waals surface area contributed by atoms with Gasteiger partial charge in [-0.2, -0.15) is 8.42 Å². The number of azo groups is 1. The van der Waals surface area contributed by atoms with Crippen molar-refractivity contribution in [2.75, 3.05) is 37.8 Å². The fraction of sp³-hybridized carbons (Fsp3) is 0.278. The third-order valence-electron chi connectivity index (χ3n) is 4.31. The lowest BCUT2D eigenvalue weighted by molar-refractivity contribution is -0.434. The topological polar surface area (TPSA) is 229 Å². The summed E-state index contributed by atoms with van der Waals surface area (Å²) in [6.45, 7) is -0.358. The van der Waals surface area contributed by atoms with Crippen molar-refractivity contribution in [1.29, 1.82) is 0 Å². The summed E-state index contributed by atoms with van der Waals surface area (Å²) in [6.07, 6.45) is 0. The molecule has 0 radical (unpaired) electrons. The molecule has 0 atom stereocenters. The van der Waals surface area contributed by atoms with Gasteiger partial charge in [0.25, 0.3) is 10.1 Å². The van der Waals surface area contributed by atoms with Crippen LogP contribution in [0.1, 0.15) is 10.4 Å². The third kappa shape index (κ3) is 9.09. The molecule has 0 aliphatic heterocycles. The molecule has 2 aromatic rings. The molecule has 0 amide bonds. The molecule has 19 heteroatoms. The van der Waals surface area contributed by atoms with Crippen LogP contribution >= 0.6 is 12.3 Å². The minimum atomic E-state index is -4.35. The van der Waals surface area contributed by atoms with E-state index in [1.54, 1.807) is 0 Å². The van der Waals surface area contributed by atoms with Crippen LogP contribution < -0.4 is 14.8 Å². The van der Waals surface area contributed by atoms with Crippen molar-refractivity contribution in [1.82, 2.24) is 0 Å². The molecule has 4 N–H and O–H groups in total. The first-order chi connectivity index (χ1) is 17.4. The lowest BCUT2D eigenvalue weighted by Crippen LogP contribution is -2.13. The second-order valence-electron chi connectivity index (χ2n) is 6.66. The van der Waals surface area contributed by atoms with Crippen molar-refractivity contribution in [3.8, 4) is 11.5 Å². The Morgan fingerprint density at radius 3 is 2.30 bits per heavy atom. The van der Waals surface area contributed by atoms with E-state index in [1.165, 1.54) is 26.4 Å². The predicted molar refractivity (Wildman–Crippen MR) is 128 cm³/mol. The molecular formula is C18H21N3O13S3. The molecule has 0 saturated heterocycles. The Morgan fingerprint density at radius 1 is 1.03 bits per heavy atom. The van der Waals surface area contributed by atoms with Gasteiger partial charge in [-0.3, -0.25) is 8.74 Å². The maximum absolute atomic E-state index is 12.6. The van der Waals surface area contributed by atoms with E-state index < -0.39 is 37.6 Å². The van der Waals surface area contributed by atoms with Crippen molar-refractivity contribution in [2.24, 2.45) is 10.2 Å². The van der Waals surface area contributed by atoms with Gasteiger partial charge in [-0.15, -0.1) is 14.6 Å². The first-order valence-electron chi connectivity index (χ1n) is 9.65. The van der Waals surface area contributed by atoms with Crippen LogP contribution in [0.2, 0.25) is 0 Å². The quantitative estimate of drug-likeness (QED) is 0.0590. The van der Waals surface area contributed by atoms with Crippen LogP contribution in [0.25, 0.3) is 0 Å². The molecule has 0 fully saturated rings. The summed E-state index contributed by atoms with van der Waals surface area (Å²) in [7, 11) is -5.74. The number of ether oxygens (including phenoxy) is 2. The number of aromatic carboxylic acids is 1. The van der Waals surface area contributed by atoms with Crippen molar-refractivity contribution in [3.63, 3.8) is 0 Å². The highest BCUT2D eigenvalue weighted by Gasteiger charge is 2.20. The minimum absolute atomic E-state index is 0.0258. The zero-order valence-electron chi connectivity index (χ0n) is 19.1. The van der Waals surface area contributed by atoms with Gasteiger partial charge in [0.15, 0.2) is 22.2 Å². The van der Waals surface area contributed by atoms with Crippen molar-refractivity contribution >= 4 is 55.3 Å². The van der Waals surface area contributed by atoms with Crippen LogP contribution in [0.3, 0.4) is 0 Å². The van der Waals surface area contributed by atoms with Crippen molar-refractivity contribution in [2.45, 2.75) is 4.90 Å². The largest absolute Gasteiger partial charge is 0.495 e. The van der Waals surface area contributed by atoms with Gasteiger partial charge < -0.3 is 19.9 Å². The van der Waals surface area contributed by atoms with Crippen LogP contribution in [0, 0.1) is 0 Å². The van der Waals surface area contributed by atoms with Crippen LogP contribution in [-0.2, 0) is 33.5 Å². The second kappa shape index (κ2) is 13.5. The Morgan fingerprint density at radius 2 is 1.70 bits per heavy atom. The molecule has 0 bridgehead atoms. The number of nitrogens with zero attached hydrogens (tertiary/aromatic N) is 2. The standard InChI is InChI=1S/C18H21N3O13S3/c1-30-16-9-15(17(31-2)8-14(16)19-10-37(27,28)29)21-20-13-7-11(3-4-12(13)18(22)23)36(25,26)6-5-32-35-34-33-24/h3-4,7-9,19,24H,5-6,10H2,1-2H3,(H,22,23)(H,27,28,29). The number of benzene rings is 2.